The second kappa shape index (κ2) is 10.7. The Labute approximate surface area is 207 Å². The first-order valence-corrected chi connectivity index (χ1v) is 11.2. The summed E-state index contributed by atoms with van der Waals surface area (Å²) in [6.45, 7) is 0.0977. The van der Waals surface area contributed by atoms with Gasteiger partial charge in [0.1, 0.15) is 12.4 Å². The smallest absolute Gasteiger partial charge is 0.337 e. The maximum atomic E-state index is 13.1. The van der Waals surface area contributed by atoms with Crippen molar-refractivity contribution < 1.29 is 33.8 Å². The summed E-state index contributed by atoms with van der Waals surface area (Å²) in [5, 5.41) is 9.01. The molecule has 3 aromatic carbocycles. The Balaban J connectivity index is 1.51. The van der Waals surface area contributed by atoms with Crippen LogP contribution in [0.3, 0.4) is 0 Å². The molecule has 0 saturated heterocycles. The van der Waals surface area contributed by atoms with E-state index in [4.69, 9.17) is 14.6 Å². The first-order valence-electron chi connectivity index (χ1n) is 11.2. The van der Waals surface area contributed by atoms with Crippen LogP contribution in [0.1, 0.15) is 43.8 Å². The lowest BCUT2D eigenvalue weighted by Crippen LogP contribution is -2.42. The number of rotatable bonds is 8. The molecule has 8 heteroatoms. The Kier molecular flexibility index (Phi) is 7.25. The van der Waals surface area contributed by atoms with Crippen LogP contribution in [-0.2, 0) is 20.9 Å². The fourth-order valence-electron chi connectivity index (χ4n) is 3.80. The van der Waals surface area contributed by atoms with Crippen LogP contribution in [0.5, 0.6) is 5.75 Å². The van der Waals surface area contributed by atoms with Crippen LogP contribution in [0.4, 0.5) is 0 Å². The Morgan fingerprint density at radius 2 is 1.56 bits per heavy atom. The second-order valence-electron chi connectivity index (χ2n) is 8.06. The summed E-state index contributed by atoms with van der Waals surface area (Å²) in [7, 11) is 1.33. The molecule has 4 rings (SSSR count). The zero-order chi connectivity index (χ0) is 25.7. The molecule has 2 amide bonds. The van der Waals surface area contributed by atoms with Crippen molar-refractivity contribution in [1.29, 1.82) is 0 Å². The molecule has 0 unspecified atom stereocenters. The molecule has 8 nitrogen and oxygen atoms in total. The third kappa shape index (κ3) is 5.33. The standard InChI is InChI=1S/C28H23NO7/c1-35-28(34)20-10-6-19(7-11-20)17-36-21-12-8-18(9-13-21)16-24-22-4-2-3-5-23(22)26(32)29(27(24)33)15-14-25(30)31/h2-13,16H,14-15,17H2,1H3,(H,30,31)/b24-16+. The number of benzene rings is 3. The highest BCUT2D eigenvalue weighted by atomic mass is 16.5. The van der Waals surface area contributed by atoms with Crippen LogP contribution in [0.15, 0.2) is 72.8 Å². The summed E-state index contributed by atoms with van der Waals surface area (Å²) in [5.41, 5.74) is 3.23. The number of carbonyl (C=O) groups excluding carboxylic acids is 3. The van der Waals surface area contributed by atoms with Gasteiger partial charge in [-0.15, -0.1) is 0 Å². The van der Waals surface area contributed by atoms with E-state index >= 15 is 0 Å². The Bertz CT molecular complexity index is 1340. The molecule has 1 heterocycles. The van der Waals surface area contributed by atoms with Crippen LogP contribution in [-0.4, -0.2) is 47.4 Å². The van der Waals surface area contributed by atoms with Crippen molar-refractivity contribution in [2.75, 3.05) is 13.7 Å². The molecule has 182 valence electrons. The van der Waals surface area contributed by atoms with E-state index in [1.165, 1.54) is 7.11 Å². The fraction of sp³-hybridized carbons (Fsp3) is 0.143. The molecule has 1 N–H and O–H groups in total. The van der Waals surface area contributed by atoms with Crippen molar-refractivity contribution in [3.63, 3.8) is 0 Å². The van der Waals surface area contributed by atoms with E-state index in [2.05, 4.69) is 0 Å². The zero-order valence-electron chi connectivity index (χ0n) is 19.5. The van der Waals surface area contributed by atoms with E-state index < -0.39 is 23.8 Å². The van der Waals surface area contributed by atoms with Gasteiger partial charge < -0.3 is 14.6 Å². The maximum Gasteiger partial charge on any atom is 0.337 e. The number of hydrogen-bond donors (Lipinski definition) is 1. The molecule has 0 spiro atoms. The van der Waals surface area contributed by atoms with Gasteiger partial charge in [-0.1, -0.05) is 42.5 Å². The lowest BCUT2D eigenvalue weighted by molar-refractivity contribution is -0.137. The highest BCUT2D eigenvalue weighted by Crippen LogP contribution is 2.31. The highest BCUT2D eigenvalue weighted by molar-refractivity contribution is 6.33. The van der Waals surface area contributed by atoms with Crippen molar-refractivity contribution >= 4 is 35.4 Å². The Morgan fingerprint density at radius 3 is 2.19 bits per heavy atom. The molecule has 0 bridgehead atoms. The number of aliphatic carboxylic acids is 1. The highest BCUT2D eigenvalue weighted by Gasteiger charge is 2.34. The fourth-order valence-corrected chi connectivity index (χ4v) is 3.80. The number of nitrogens with zero attached hydrogens (tertiary/aromatic N) is 1. The van der Waals surface area contributed by atoms with Crippen LogP contribution in [0.25, 0.3) is 11.6 Å². The molecule has 0 aromatic heterocycles. The van der Waals surface area contributed by atoms with Gasteiger partial charge in [0, 0.05) is 17.7 Å². The number of carbonyl (C=O) groups is 4. The molecule has 1 aliphatic rings. The van der Waals surface area contributed by atoms with Crippen LogP contribution in [0.2, 0.25) is 0 Å². The number of fused-ring (bicyclic) bond motifs is 1. The van der Waals surface area contributed by atoms with E-state index in [0.717, 1.165) is 16.0 Å². The minimum atomic E-state index is -1.09. The van der Waals surface area contributed by atoms with E-state index in [1.807, 2.05) is 0 Å². The third-order valence-corrected chi connectivity index (χ3v) is 5.69. The lowest BCUT2D eigenvalue weighted by Gasteiger charge is -2.28. The first-order chi connectivity index (χ1) is 17.4. The van der Waals surface area contributed by atoms with E-state index in [0.29, 0.717) is 34.6 Å². The number of carboxylic acids is 1. The largest absolute Gasteiger partial charge is 0.489 e. The SMILES string of the molecule is COC(=O)c1ccc(COc2ccc(/C=C3/C(=O)N(CCC(=O)O)C(=O)c4ccccc43)cc2)cc1. The average molecular weight is 485 g/mol. The molecule has 1 aliphatic heterocycles. The topological polar surface area (TPSA) is 110 Å². The van der Waals surface area contributed by atoms with Crippen molar-refractivity contribution in [3.05, 3.63) is 101 Å². The molecule has 0 fully saturated rings. The molecular weight excluding hydrogens is 462 g/mol. The second-order valence-corrected chi connectivity index (χ2v) is 8.06. The van der Waals surface area contributed by atoms with Crippen LogP contribution in [0, 0.1) is 0 Å². The van der Waals surface area contributed by atoms with E-state index in [9.17, 15) is 19.2 Å². The van der Waals surface area contributed by atoms with Gasteiger partial charge in [0.25, 0.3) is 11.8 Å². The summed E-state index contributed by atoms with van der Waals surface area (Å²) in [6, 6.07) is 20.8. The van der Waals surface area contributed by atoms with Gasteiger partial charge in [0.15, 0.2) is 0 Å². The number of methoxy groups -OCH3 is 1. The third-order valence-electron chi connectivity index (χ3n) is 5.69. The number of ether oxygens (including phenoxy) is 2. The van der Waals surface area contributed by atoms with Gasteiger partial charge in [-0.25, -0.2) is 4.79 Å². The normalized spacial score (nSPS) is 13.9. The summed E-state index contributed by atoms with van der Waals surface area (Å²) in [4.78, 5) is 49.4. The minimum absolute atomic E-state index is 0.202. The first kappa shape index (κ1) is 24.4. The molecule has 0 atom stereocenters. The Hall–Kier alpha value is -4.72. The number of carboxylic acid groups (broad SMARTS) is 1. The predicted octanol–water partition coefficient (Wildman–Crippen LogP) is 4.05. The summed E-state index contributed by atoms with van der Waals surface area (Å²) in [6.07, 6.45) is 1.35. The molecule has 0 aliphatic carbocycles. The zero-order valence-corrected chi connectivity index (χ0v) is 19.5. The van der Waals surface area contributed by atoms with Crippen molar-refractivity contribution in [3.8, 4) is 5.75 Å². The monoisotopic (exact) mass is 485 g/mol. The molecule has 0 radical (unpaired) electrons. The number of esters is 1. The van der Waals surface area contributed by atoms with Gasteiger partial charge in [-0.3, -0.25) is 19.3 Å². The molecule has 3 aromatic rings. The lowest BCUT2D eigenvalue weighted by atomic mass is 9.92. The van der Waals surface area contributed by atoms with Crippen molar-refractivity contribution in [2.24, 2.45) is 0 Å². The minimum Gasteiger partial charge on any atom is -0.489 e. The van der Waals surface area contributed by atoms with Crippen molar-refractivity contribution in [2.45, 2.75) is 13.0 Å². The van der Waals surface area contributed by atoms with Crippen LogP contribution < -0.4 is 4.74 Å². The van der Waals surface area contributed by atoms with Gasteiger partial charge in [0.2, 0.25) is 0 Å². The summed E-state index contributed by atoms with van der Waals surface area (Å²) >= 11 is 0. The van der Waals surface area contributed by atoms with Gasteiger partial charge in [-0.05, 0) is 53.1 Å². The average Bonchev–Trinajstić information content (AvgIpc) is 2.90. The quantitative estimate of drug-likeness (QED) is 0.291. The molecule has 36 heavy (non-hydrogen) atoms. The predicted molar refractivity (Wildman–Crippen MR) is 131 cm³/mol. The van der Waals surface area contributed by atoms with E-state index in [-0.39, 0.29) is 13.0 Å². The van der Waals surface area contributed by atoms with E-state index in [1.54, 1.807) is 78.9 Å². The molecule has 0 saturated carbocycles. The number of imide groups is 1. The Morgan fingerprint density at radius 1 is 0.889 bits per heavy atom. The summed E-state index contributed by atoms with van der Waals surface area (Å²) < 4.78 is 10.5. The number of amides is 2. The van der Waals surface area contributed by atoms with Crippen molar-refractivity contribution in [1.82, 2.24) is 4.90 Å². The summed E-state index contributed by atoms with van der Waals surface area (Å²) in [5.74, 6) is -1.91. The van der Waals surface area contributed by atoms with Gasteiger partial charge >= 0.3 is 11.9 Å². The van der Waals surface area contributed by atoms with Gasteiger partial charge in [-0.2, -0.15) is 0 Å². The van der Waals surface area contributed by atoms with Crippen LogP contribution >= 0.6 is 0 Å². The van der Waals surface area contributed by atoms with Gasteiger partial charge in [0.05, 0.1) is 19.1 Å². The molecular formula is C28H23NO7. The maximum absolute atomic E-state index is 13.1. The number of hydrogen-bond acceptors (Lipinski definition) is 6.